The first-order valence-electron chi connectivity index (χ1n) is 6.47. The number of nitrogens with one attached hydrogen (secondary N) is 1. The maximum Gasteiger partial charge on any atom is 0.245 e. The Morgan fingerprint density at radius 2 is 2.29 bits per heavy atom. The Balaban J connectivity index is 1.91. The molecule has 3 rings (SSSR count). The lowest BCUT2D eigenvalue weighted by molar-refractivity contribution is -0.116. The van der Waals surface area contributed by atoms with Crippen LogP contribution in [0, 0.1) is 6.92 Å². The number of benzene rings is 1. The minimum atomic E-state index is -0.584. The molecule has 0 radical (unpaired) electrons. The number of anilines is 2. The minimum absolute atomic E-state index is 0.157. The van der Waals surface area contributed by atoms with Crippen LogP contribution in [0.3, 0.4) is 0 Å². The number of thiazole rings is 1. The maximum absolute atomic E-state index is 11.7. The van der Waals surface area contributed by atoms with Crippen LogP contribution in [0.4, 0.5) is 11.4 Å². The van der Waals surface area contributed by atoms with Gasteiger partial charge in [-0.2, -0.15) is 0 Å². The standard InChI is InChI=1S/C14H15BrN4OS/c1-7-12(21-6-17-7)5-19(2)11-4-10-8(3-9(11)15)13(16)14(20)18-10/h3-4,6,13H,5,16H2,1-2H3,(H,18,20). The molecular formula is C14H15BrN4OS. The van der Waals surface area contributed by atoms with Crippen molar-refractivity contribution in [2.45, 2.75) is 19.5 Å². The van der Waals surface area contributed by atoms with E-state index in [4.69, 9.17) is 5.73 Å². The van der Waals surface area contributed by atoms with Gasteiger partial charge in [0.1, 0.15) is 6.04 Å². The molecule has 0 spiro atoms. The first-order valence-corrected chi connectivity index (χ1v) is 8.14. The molecule has 0 saturated heterocycles. The van der Waals surface area contributed by atoms with Crippen molar-refractivity contribution in [3.63, 3.8) is 0 Å². The molecular weight excluding hydrogens is 352 g/mol. The van der Waals surface area contributed by atoms with E-state index in [1.54, 1.807) is 11.3 Å². The zero-order valence-electron chi connectivity index (χ0n) is 11.7. The summed E-state index contributed by atoms with van der Waals surface area (Å²) in [5, 5.41) is 2.82. The van der Waals surface area contributed by atoms with Crippen molar-refractivity contribution in [2.24, 2.45) is 5.73 Å². The highest BCUT2D eigenvalue weighted by atomic mass is 79.9. The second-order valence-corrected chi connectivity index (χ2v) is 6.87. The van der Waals surface area contributed by atoms with Crippen molar-refractivity contribution in [2.75, 3.05) is 17.3 Å². The van der Waals surface area contributed by atoms with E-state index in [0.717, 1.165) is 33.6 Å². The number of halogens is 1. The number of nitrogens with zero attached hydrogens (tertiary/aromatic N) is 2. The predicted octanol–water partition coefficient (Wildman–Crippen LogP) is 2.80. The van der Waals surface area contributed by atoms with E-state index >= 15 is 0 Å². The molecule has 2 heterocycles. The highest BCUT2D eigenvalue weighted by molar-refractivity contribution is 9.10. The van der Waals surface area contributed by atoms with Crippen LogP contribution in [0.1, 0.15) is 22.2 Å². The first kappa shape index (κ1) is 14.5. The molecule has 7 heteroatoms. The van der Waals surface area contributed by atoms with Gasteiger partial charge >= 0.3 is 0 Å². The molecule has 1 aromatic heterocycles. The van der Waals surface area contributed by atoms with E-state index in [1.165, 1.54) is 4.88 Å². The van der Waals surface area contributed by atoms with Gasteiger partial charge in [0, 0.05) is 27.6 Å². The van der Waals surface area contributed by atoms with Crippen molar-refractivity contribution < 1.29 is 4.79 Å². The number of aryl methyl sites for hydroxylation is 1. The summed E-state index contributed by atoms with van der Waals surface area (Å²) in [6.07, 6.45) is 0. The molecule has 0 bridgehead atoms. The Kier molecular flexibility index (Phi) is 3.73. The Bertz CT molecular complexity index is 715. The highest BCUT2D eigenvalue weighted by Crippen LogP contribution is 2.38. The predicted molar refractivity (Wildman–Crippen MR) is 88.7 cm³/mol. The average Bonchev–Trinajstić information content (AvgIpc) is 2.95. The lowest BCUT2D eigenvalue weighted by atomic mass is 10.1. The lowest BCUT2D eigenvalue weighted by Gasteiger charge is -2.21. The smallest absolute Gasteiger partial charge is 0.245 e. The van der Waals surface area contributed by atoms with E-state index in [0.29, 0.717) is 0 Å². The van der Waals surface area contributed by atoms with Crippen LogP contribution in [0.15, 0.2) is 22.1 Å². The molecule has 1 aliphatic heterocycles. The van der Waals surface area contributed by atoms with Crippen LogP contribution >= 0.6 is 27.3 Å². The third-order valence-corrected chi connectivity index (χ3v) is 5.19. The van der Waals surface area contributed by atoms with Crippen LogP contribution in [-0.2, 0) is 11.3 Å². The average molecular weight is 367 g/mol. The quantitative estimate of drug-likeness (QED) is 0.875. The number of aromatic nitrogens is 1. The van der Waals surface area contributed by atoms with Gasteiger partial charge in [-0.05, 0) is 35.0 Å². The first-order chi connectivity index (χ1) is 9.97. The van der Waals surface area contributed by atoms with Crippen molar-refractivity contribution >= 4 is 44.5 Å². The van der Waals surface area contributed by atoms with Gasteiger partial charge in [-0.3, -0.25) is 4.79 Å². The van der Waals surface area contributed by atoms with E-state index in [9.17, 15) is 4.79 Å². The molecule has 3 N–H and O–H groups in total. The fraction of sp³-hybridized carbons (Fsp3) is 0.286. The normalized spacial score (nSPS) is 16.8. The third kappa shape index (κ3) is 2.56. The maximum atomic E-state index is 11.7. The van der Waals surface area contributed by atoms with Crippen molar-refractivity contribution in [1.82, 2.24) is 4.98 Å². The number of amides is 1. The van der Waals surface area contributed by atoms with Gasteiger partial charge in [0.25, 0.3) is 0 Å². The third-order valence-electron chi connectivity index (χ3n) is 3.63. The zero-order valence-corrected chi connectivity index (χ0v) is 14.1. The van der Waals surface area contributed by atoms with Gasteiger partial charge in [-0.1, -0.05) is 0 Å². The summed E-state index contributed by atoms with van der Waals surface area (Å²) in [7, 11) is 2.02. The summed E-state index contributed by atoms with van der Waals surface area (Å²) in [6.45, 7) is 2.78. The fourth-order valence-electron chi connectivity index (χ4n) is 2.37. The number of hydrogen-bond donors (Lipinski definition) is 2. The topological polar surface area (TPSA) is 71.2 Å². The van der Waals surface area contributed by atoms with E-state index in [-0.39, 0.29) is 5.91 Å². The van der Waals surface area contributed by atoms with Crippen LogP contribution in [-0.4, -0.2) is 17.9 Å². The molecule has 21 heavy (non-hydrogen) atoms. The summed E-state index contributed by atoms with van der Waals surface area (Å²) < 4.78 is 0.929. The Morgan fingerprint density at radius 1 is 1.52 bits per heavy atom. The van der Waals surface area contributed by atoms with E-state index in [2.05, 4.69) is 31.1 Å². The number of nitrogens with two attached hydrogens (primary N) is 1. The second-order valence-electron chi connectivity index (χ2n) is 5.07. The summed E-state index contributed by atoms with van der Waals surface area (Å²) in [6, 6.07) is 3.29. The van der Waals surface area contributed by atoms with Crippen LogP contribution in [0.5, 0.6) is 0 Å². The molecule has 1 atom stereocenters. The van der Waals surface area contributed by atoms with Crippen LogP contribution in [0.25, 0.3) is 0 Å². The van der Waals surface area contributed by atoms with Crippen LogP contribution < -0.4 is 16.0 Å². The van der Waals surface area contributed by atoms with Gasteiger partial charge in [-0.25, -0.2) is 4.98 Å². The van der Waals surface area contributed by atoms with Crippen molar-refractivity contribution in [3.05, 3.63) is 38.3 Å². The number of carbonyl (C=O) groups is 1. The van der Waals surface area contributed by atoms with Crippen molar-refractivity contribution in [3.8, 4) is 0 Å². The largest absolute Gasteiger partial charge is 0.368 e. The molecule has 1 unspecified atom stereocenters. The second kappa shape index (κ2) is 5.40. The SMILES string of the molecule is Cc1ncsc1CN(C)c1cc2c(cc1Br)C(N)C(=O)N2. The van der Waals surface area contributed by atoms with E-state index in [1.807, 2.05) is 31.6 Å². The number of hydrogen-bond acceptors (Lipinski definition) is 5. The molecule has 0 saturated carbocycles. The van der Waals surface area contributed by atoms with Crippen molar-refractivity contribution in [1.29, 1.82) is 0 Å². The summed E-state index contributed by atoms with van der Waals surface area (Å²) in [5.74, 6) is -0.157. The molecule has 0 aliphatic carbocycles. The summed E-state index contributed by atoms with van der Waals surface area (Å²) in [5.41, 5.74) is 11.4. The molecule has 2 aromatic rings. The Labute approximate surface area is 135 Å². The van der Waals surface area contributed by atoms with Gasteiger partial charge < -0.3 is 16.0 Å². The Morgan fingerprint density at radius 3 is 2.95 bits per heavy atom. The zero-order chi connectivity index (χ0) is 15.1. The van der Waals surface area contributed by atoms with Gasteiger partial charge in [0.2, 0.25) is 5.91 Å². The van der Waals surface area contributed by atoms with E-state index < -0.39 is 6.04 Å². The van der Waals surface area contributed by atoms with Crippen LogP contribution in [0.2, 0.25) is 0 Å². The minimum Gasteiger partial charge on any atom is -0.368 e. The summed E-state index contributed by atoms with van der Waals surface area (Å²) in [4.78, 5) is 19.3. The number of fused-ring (bicyclic) bond motifs is 1. The Hall–Kier alpha value is -1.44. The molecule has 1 aromatic carbocycles. The summed E-state index contributed by atoms with van der Waals surface area (Å²) >= 11 is 5.22. The number of carbonyl (C=O) groups excluding carboxylic acids is 1. The molecule has 5 nitrogen and oxygen atoms in total. The lowest BCUT2D eigenvalue weighted by Crippen LogP contribution is -2.19. The van der Waals surface area contributed by atoms with Gasteiger partial charge in [-0.15, -0.1) is 11.3 Å². The van der Waals surface area contributed by atoms with Gasteiger partial charge in [0.15, 0.2) is 0 Å². The van der Waals surface area contributed by atoms with Gasteiger partial charge in [0.05, 0.1) is 23.4 Å². The fourth-order valence-corrected chi connectivity index (χ4v) is 3.86. The molecule has 1 aliphatic rings. The molecule has 1 amide bonds. The number of rotatable bonds is 3. The molecule has 0 fully saturated rings. The monoisotopic (exact) mass is 366 g/mol. The highest BCUT2D eigenvalue weighted by Gasteiger charge is 2.28. The molecule has 110 valence electrons.